The third kappa shape index (κ3) is 4.08. The minimum Gasteiger partial charge on any atom is -0.356 e. The van der Waals surface area contributed by atoms with Gasteiger partial charge in [0.05, 0.1) is 0 Å². The molecule has 1 saturated heterocycles. The summed E-state index contributed by atoms with van der Waals surface area (Å²) in [5.74, 6) is 2.78. The van der Waals surface area contributed by atoms with E-state index in [2.05, 4.69) is 17.4 Å². The average Bonchev–Trinajstić information content (AvgIpc) is 2.41. The van der Waals surface area contributed by atoms with Crippen LogP contribution in [0.2, 0.25) is 0 Å². The van der Waals surface area contributed by atoms with Crippen molar-refractivity contribution < 1.29 is 4.79 Å². The van der Waals surface area contributed by atoms with Gasteiger partial charge in [0.25, 0.3) is 0 Å². The van der Waals surface area contributed by atoms with E-state index in [1.807, 2.05) is 30.0 Å². The third-order valence-corrected chi connectivity index (χ3v) is 4.20. The molecule has 0 bridgehead atoms. The third-order valence-electron chi connectivity index (χ3n) is 3.15. The standard InChI is InChI=1S/C14H19NOS/c16-14(13-7-10-17-11-8-13)15-9-6-12-4-2-1-3-5-12/h1-5,13H,6-11H2,(H,15,16). The zero-order chi connectivity index (χ0) is 11.9. The highest BCUT2D eigenvalue weighted by Crippen LogP contribution is 2.22. The van der Waals surface area contributed by atoms with Gasteiger partial charge in [-0.3, -0.25) is 4.79 Å². The van der Waals surface area contributed by atoms with Crippen molar-refractivity contribution in [3.05, 3.63) is 35.9 Å². The van der Waals surface area contributed by atoms with E-state index in [0.29, 0.717) is 0 Å². The molecule has 2 nitrogen and oxygen atoms in total. The largest absolute Gasteiger partial charge is 0.356 e. The Morgan fingerprint density at radius 3 is 2.65 bits per heavy atom. The van der Waals surface area contributed by atoms with Crippen LogP contribution in [0.25, 0.3) is 0 Å². The first-order valence-corrected chi connectivity index (χ1v) is 7.41. The van der Waals surface area contributed by atoms with Crippen LogP contribution >= 0.6 is 11.8 Å². The predicted molar refractivity (Wildman–Crippen MR) is 73.2 cm³/mol. The van der Waals surface area contributed by atoms with Crippen LogP contribution in [-0.4, -0.2) is 24.0 Å². The molecule has 0 atom stereocenters. The van der Waals surface area contributed by atoms with Crippen LogP contribution in [0.3, 0.4) is 0 Å². The topological polar surface area (TPSA) is 29.1 Å². The summed E-state index contributed by atoms with van der Waals surface area (Å²) in [4.78, 5) is 11.9. The number of nitrogens with one attached hydrogen (secondary N) is 1. The SMILES string of the molecule is O=C(NCCc1ccccc1)C1CCSCC1. The Balaban J connectivity index is 1.69. The average molecular weight is 249 g/mol. The first-order chi connectivity index (χ1) is 8.36. The maximum absolute atomic E-state index is 11.9. The Hall–Kier alpha value is -0.960. The Bertz CT molecular complexity index is 346. The lowest BCUT2D eigenvalue weighted by atomic mass is 10.0. The van der Waals surface area contributed by atoms with Crippen molar-refractivity contribution in [1.29, 1.82) is 0 Å². The normalized spacial score (nSPS) is 16.7. The molecule has 0 radical (unpaired) electrons. The fraction of sp³-hybridized carbons (Fsp3) is 0.500. The van der Waals surface area contributed by atoms with Gasteiger partial charge >= 0.3 is 0 Å². The lowest BCUT2D eigenvalue weighted by Crippen LogP contribution is -2.34. The van der Waals surface area contributed by atoms with Crippen LogP contribution < -0.4 is 5.32 Å². The minimum atomic E-state index is 0.251. The molecule has 1 heterocycles. The molecular weight excluding hydrogens is 230 g/mol. The summed E-state index contributed by atoms with van der Waals surface area (Å²) in [7, 11) is 0. The van der Waals surface area contributed by atoms with E-state index in [1.54, 1.807) is 0 Å². The number of carbonyl (C=O) groups is 1. The fourth-order valence-electron chi connectivity index (χ4n) is 2.08. The second-order valence-corrected chi connectivity index (χ2v) is 5.64. The highest BCUT2D eigenvalue weighted by molar-refractivity contribution is 7.99. The first kappa shape index (κ1) is 12.5. The van der Waals surface area contributed by atoms with Crippen molar-refractivity contribution in [2.24, 2.45) is 5.92 Å². The zero-order valence-electron chi connectivity index (χ0n) is 10.0. The fourth-order valence-corrected chi connectivity index (χ4v) is 3.19. The zero-order valence-corrected chi connectivity index (χ0v) is 10.8. The van der Waals surface area contributed by atoms with Gasteiger partial charge in [-0.25, -0.2) is 0 Å². The van der Waals surface area contributed by atoms with Crippen molar-refractivity contribution >= 4 is 17.7 Å². The van der Waals surface area contributed by atoms with Crippen LogP contribution in [0.15, 0.2) is 30.3 Å². The van der Waals surface area contributed by atoms with Crippen molar-refractivity contribution in [2.45, 2.75) is 19.3 Å². The maximum Gasteiger partial charge on any atom is 0.223 e. The number of thioether (sulfide) groups is 1. The van der Waals surface area contributed by atoms with E-state index in [0.717, 1.165) is 37.3 Å². The predicted octanol–water partition coefficient (Wildman–Crippen LogP) is 2.49. The number of hydrogen-bond donors (Lipinski definition) is 1. The second-order valence-electron chi connectivity index (χ2n) is 4.41. The molecule has 3 heteroatoms. The molecule has 0 aliphatic carbocycles. The molecule has 17 heavy (non-hydrogen) atoms. The number of rotatable bonds is 4. The van der Waals surface area contributed by atoms with Crippen molar-refractivity contribution in [3.63, 3.8) is 0 Å². The quantitative estimate of drug-likeness (QED) is 0.888. The summed E-state index contributed by atoms with van der Waals surface area (Å²) < 4.78 is 0. The van der Waals surface area contributed by atoms with E-state index in [9.17, 15) is 4.79 Å². The molecule has 0 unspecified atom stereocenters. The highest BCUT2D eigenvalue weighted by Gasteiger charge is 2.20. The lowest BCUT2D eigenvalue weighted by Gasteiger charge is -2.20. The molecule has 0 spiro atoms. The number of hydrogen-bond acceptors (Lipinski definition) is 2. The van der Waals surface area contributed by atoms with Crippen molar-refractivity contribution in [3.8, 4) is 0 Å². The molecule has 1 N–H and O–H groups in total. The van der Waals surface area contributed by atoms with E-state index in [4.69, 9.17) is 0 Å². The number of carbonyl (C=O) groups excluding carboxylic acids is 1. The maximum atomic E-state index is 11.9. The molecule has 1 fully saturated rings. The molecule has 1 aliphatic heterocycles. The molecule has 92 valence electrons. The molecule has 1 aromatic rings. The van der Waals surface area contributed by atoms with Gasteiger partial charge in [-0.15, -0.1) is 0 Å². The van der Waals surface area contributed by atoms with Gasteiger partial charge in [-0.2, -0.15) is 11.8 Å². The molecule has 0 aromatic heterocycles. The summed E-state index contributed by atoms with van der Waals surface area (Å²) in [6, 6.07) is 10.3. The van der Waals surface area contributed by atoms with Gasteiger partial charge in [0.2, 0.25) is 5.91 Å². The van der Waals surface area contributed by atoms with Crippen LogP contribution in [0.1, 0.15) is 18.4 Å². The number of benzene rings is 1. The Labute approximate surface area is 107 Å². The Kier molecular flexibility index (Phi) is 4.92. The Morgan fingerprint density at radius 1 is 1.24 bits per heavy atom. The van der Waals surface area contributed by atoms with Crippen LogP contribution in [-0.2, 0) is 11.2 Å². The summed E-state index contributed by atoms with van der Waals surface area (Å²) in [5.41, 5.74) is 1.28. The molecule has 1 amide bonds. The van der Waals surface area contributed by atoms with Gasteiger partial charge in [0.15, 0.2) is 0 Å². The molecule has 1 aliphatic rings. The van der Waals surface area contributed by atoms with Crippen molar-refractivity contribution in [2.75, 3.05) is 18.1 Å². The van der Waals surface area contributed by atoms with E-state index < -0.39 is 0 Å². The molecular formula is C14H19NOS. The smallest absolute Gasteiger partial charge is 0.223 e. The molecule has 2 rings (SSSR count). The summed E-state index contributed by atoms with van der Waals surface area (Å²) in [6.45, 7) is 0.756. The number of amides is 1. The van der Waals surface area contributed by atoms with E-state index in [-0.39, 0.29) is 11.8 Å². The van der Waals surface area contributed by atoms with Crippen LogP contribution in [0, 0.1) is 5.92 Å². The van der Waals surface area contributed by atoms with Crippen molar-refractivity contribution in [1.82, 2.24) is 5.32 Å². The van der Waals surface area contributed by atoms with Gasteiger partial charge in [-0.05, 0) is 36.3 Å². The first-order valence-electron chi connectivity index (χ1n) is 6.25. The summed E-state index contributed by atoms with van der Waals surface area (Å²) in [5, 5.41) is 3.05. The van der Waals surface area contributed by atoms with Crippen LogP contribution in [0.4, 0.5) is 0 Å². The van der Waals surface area contributed by atoms with Gasteiger partial charge in [0.1, 0.15) is 0 Å². The van der Waals surface area contributed by atoms with Crippen LogP contribution in [0.5, 0.6) is 0 Å². The monoisotopic (exact) mass is 249 g/mol. The highest BCUT2D eigenvalue weighted by atomic mass is 32.2. The van der Waals surface area contributed by atoms with Gasteiger partial charge in [-0.1, -0.05) is 30.3 Å². The second kappa shape index (κ2) is 6.70. The summed E-state index contributed by atoms with van der Waals surface area (Å²) >= 11 is 1.96. The van der Waals surface area contributed by atoms with Gasteiger partial charge in [0, 0.05) is 12.5 Å². The Morgan fingerprint density at radius 2 is 1.94 bits per heavy atom. The molecule has 0 saturated carbocycles. The summed E-state index contributed by atoms with van der Waals surface area (Å²) in [6.07, 6.45) is 3.01. The molecule has 1 aromatic carbocycles. The lowest BCUT2D eigenvalue weighted by molar-refractivity contribution is -0.125. The van der Waals surface area contributed by atoms with Gasteiger partial charge < -0.3 is 5.32 Å². The van der Waals surface area contributed by atoms with E-state index >= 15 is 0 Å². The van der Waals surface area contributed by atoms with E-state index in [1.165, 1.54) is 5.56 Å². The minimum absolute atomic E-state index is 0.251.